The first-order valence-corrected chi connectivity index (χ1v) is 8.58. The summed E-state index contributed by atoms with van der Waals surface area (Å²) in [5.41, 5.74) is 3.38. The van der Waals surface area contributed by atoms with Crippen molar-refractivity contribution in [2.75, 3.05) is 26.0 Å². The van der Waals surface area contributed by atoms with Crippen LogP contribution in [0.1, 0.15) is 5.56 Å². The van der Waals surface area contributed by atoms with E-state index in [1.54, 1.807) is 13.2 Å². The number of hydrogen-bond donors (Lipinski definition) is 2. The van der Waals surface area contributed by atoms with Gasteiger partial charge in [0.25, 0.3) is 0 Å². The summed E-state index contributed by atoms with van der Waals surface area (Å²) in [5.74, 6) is 3.40. The lowest BCUT2D eigenvalue weighted by Gasteiger charge is -2.26. The molecule has 0 amide bonds. The summed E-state index contributed by atoms with van der Waals surface area (Å²) in [6.45, 7) is 0.903. The Morgan fingerprint density at radius 2 is 1.81 bits per heavy atom. The largest absolute Gasteiger partial charge is 0.507 e. The lowest BCUT2D eigenvalue weighted by Crippen LogP contribution is -2.10. The molecule has 6 rings (SSSR count). The van der Waals surface area contributed by atoms with Crippen LogP contribution in [0.3, 0.4) is 0 Å². The molecular formula is C20H15NO6. The van der Waals surface area contributed by atoms with Crippen LogP contribution in [0.4, 0.5) is 5.69 Å². The van der Waals surface area contributed by atoms with Gasteiger partial charge >= 0.3 is 0 Å². The zero-order valence-electron chi connectivity index (χ0n) is 14.4. The van der Waals surface area contributed by atoms with Crippen LogP contribution in [0, 0.1) is 0 Å². The first kappa shape index (κ1) is 14.7. The Kier molecular flexibility index (Phi) is 2.73. The number of anilines is 1. The van der Waals surface area contributed by atoms with Crippen molar-refractivity contribution in [2.45, 2.75) is 6.54 Å². The van der Waals surface area contributed by atoms with Crippen LogP contribution in [-0.4, -0.2) is 25.8 Å². The Balaban J connectivity index is 1.70. The minimum absolute atomic E-state index is 0.149. The predicted molar refractivity (Wildman–Crippen MR) is 97.2 cm³/mol. The van der Waals surface area contributed by atoms with Crippen LogP contribution in [0.15, 0.2) is 24.3 Å². The van der Waals surface area contributed by atoms with E-state index in [2.05, 4.69) is 5.32 Å². The SMILES string of the molecule is COc1c2c(cc3cc(O)c4c(c13)NCc1c-4ccc3c1OCO3)OCO2. The second kappa shape index (κ2) is 5.03. The smallest absolute Gasteiger partial charge is 0.231 e. The van der Waals surface area contributed by atoms with E-state index in [0.717, 1.165) is 39.1 Å². The van der Waals surface area contributed by atoms with Crippen molar-refractivity contribution in [3.8, 4) is 45.6 Å². The first-order chi connectivity index (χ1) is 13.3. The lowest BCUT2D eigenvalue weighted by atomic mass is 9.89. The van der Waals surface area contributed by atoms with Crippen molar-refractivity contribution >= 4 is 16.5 Å². The van der Waals surface area contributed by atoms with Gasteiger partial charge < -0.3 is 34.1 Å². The second-order valence-electron chi connectivity index (χ2n) is 6.57. The third-order valence-corrected chi connectivity index (χ3v) is 5.26. The van der Waals surface area contributed by atoms with E-state index < -0.39 is 0 Å². The Morgan fingerprint density at radius 3 is 2.67 bits per heavy atom. The molecule has 0 aliphatic carbocycles. The number of hydrogen-bond acceptors (Lipinski definition) is 7. The van der Waals surface area contributed by atoms with Gasteiger partial charge in [0, 0.05) is 17.7 Å². The molecule has 7 nitrogen and oxygen atoms in total. The van der Waals surface area contributed by atoms with Crippen LogP contribution in [-0.2, 0) is 6.54 Å². The molecular weight excluding hydrogens is 350 g/mol. The fourth-order valence-electron chi connectivity index (χ4n) is 4.14. The Labute approximate surface area is 154 Å². The second-order valence-corrected chi connectivity index (χ2v) is 6.57. The molecule has 7 heteroatoms. The van der Waals surface area contributed by atoms with Gasteiger partial charge in [-0.2, -0.15) is 0 Å². The Hall–Kier alpha value is -3.48. The standard InChI is InChI=1S/C20H15NO6/c1-23-20-15-9(5-14-19(20)27-8-25-14)4-12(22)16-10-2-3-13-18(26-7-24-13)11(10)6-21-17(15)16/h2-5,21-22H,6-8H2,1H3. The number of methoxy groups -OCH3 is 1. The first-order valence-electron chi connectivity index (χ1n) is 8.58. The zero-order chi connectivity index (χ0) is 18.1. The molecule has 0 saturated heterocycles. The van der Waals surface area contributed by atoms with Crippen LogP contribution >= 0.6 is 0 Å². The number of fused-ring (bicyclic) bond motifs is 8. The number of nitrogens with one attached hydrogen (secondary N) is 1. The average Bonchev–Trinajstić information content (AvgIpc) is 3.34. The fourth-order valence-corrected chi connectivity index (χ4v) is 4.14. The van der Waals surface area contributed by atoms with Crippen molar-refractivity contribution in [3.63, 3.8) is 0 Å². The molecule has 0 radical (unpaired) electrons. The molecule has 0 spiro atoms. The van der Waals surface area contributed by atoms with Gasteiger partial charge in [-0.25, -0.2) is 0 Å². The van der Waals surface area contributed by atoms with E-state index in [1.165, 1.54) is 0 Å². The van der Waals surface area contributed by atoms with E-state index in [9.17, 15) is 5.11 Å². The predicted octanol–water partition coefficient (Wildman–Crippen LogP) is 3.60. The van der Waals surface area contributed by atoms with Crippen molar-refractivity contribution in [2.24, 2.45) is 0 Å². The van der Waals surface area contributed by atoms with E-state index in [-0.39, 0.29) is 19.3 Å². The highest BCUT2D eigenvalue weighted by atomic mass is 16.7. The highest BCUT2D eigenvalue weighted by Gasteiger charge is 2.31. The summed E-state index contributed by atoms with van der Waals surface area (Å²) >= 11 is 0. The minimum Gasteiger partial charge on any atom is -0.507 e. The van der Waals surface area contributed by atoms with Gasteiger partial charge in [-0.15, -0.1) is 0 Å². The number of benzene rings is 3. The molecule has 0 fully saturated rings. The van der Waals surface area contributed by atoms with Gasteiger partial charge in [-0.05, 0) is 35.2 Å². The minimum atomic E-state index is 0.149. The molecule has 0 saturated carbocycles. The van der Waals surface area contributed by atoms with Gasteiger partial charge in [0.1, 0.15) is 5.75 Å². The maximum atomic E-state index is 10.8. The lowest BCUT2D eigenvalue weighted by molar-refractivity contribution is 0.171. The molecule has 2 N–H and O–H groups in total. The summed E-state index contributed by atoms with van der Waals surface area (Å²) in [5, 5.41) is 15.9. The van der Waals surface area contributed by atoms with Gasteiger partial charge in [-0.3, -0.25) is 0 Å². The average molecular weight is 365 g/mol. The Morgan fingerprint density at radius 1 is 1.00 bits per heavy atom. The molecule has 0 bridgehead atoms. The third-order valence-electron chi connectivity index (χ3n) is 5.26. The third kappa shape index (κ3) is 1.80. The molecule has 3 heterocycles. The molecule has 3 aromatic rings. The Bertz CT molecular complexity index is 1140. The molecule has 3 aliphatic heterocycles. The summed E-state index contributed by atoms with van der Waals surface area (Å²) in [7, 11) is 1.60. The van der Waals surface area contributed by atoms with Crippen molar-refractivity contribution in [3.05, 3.63) is 29.8 Å². The summed E-state index contributed by atoms with van der Waals surface area (Å²) in [6, 6.07) is 7.40. The van der Waals surface area contributed by atoms with Gasteiger partial charge in [-0.1, -0.05) is 0 Å². The van der Waals surface area contributed by atoms with Crippen LogP contribution in [0.2, 0.25) is 0 Å². The van der Waals surface area contributed by atoms with E-state index in [1.807, 2.05) is 18.2 Å². The normalized spacial score (nSPS) is 15.3. The highest BCUT2D eigenvalue weighted by molar-refractivity contribution is 6.10. The molecule has 27 heavy (non-hydrogen) atoms. The summed E-state index contributed by atoms with van der Waals surface area (Å²) in [6.07, 6.45) is 0. The molecule has 0 aromatic heterocycles. The number of phenolic OH excluding ortho intramolecular Hbond substituents is 1. The van der Waals surface area contributed by atoms with Crippen molar-refractivity contribution in [1.29, 1.82) is 0 Å². The quantitative estimate of drug-likeness (QED) is 0.682. The molecule has 0 unspecified atom stereocenters. The van der Waals surface area contributed by atoms with Gasteiger partial charge in [0.05, 0.1) is 18.2 Å². The van der Waals surface area contributed by atoms with Crippen molar-refractivity contribution < 1.29 is 28.8 Å². The topological polar surface area (TPSA) is 78.4 Å². The number of phenols is 1. The molecule has 0 atom stereocenters. The van der Waals surface area contributed by atoms with Crippen LogP contribution in [0.25, 0.3) is 21.9 Å². The molecule has 3 aliphatic rings. The molecule has 3 aromatic carbocycles. The summed E-state index contributed by atoms with van der Waals surface area (Å²) in [4.78, 5) is 0. The van der Waals surface area contributed by atoms with Crippen LogP contribution < -0.4 is 29.0 Å². The number of ether oxygens (including phenoxy) is 5. The molecule has 136 valence electrons. The van der Waals surface area contributed by atoms with Crippen LogP contribution in [0.5, 0.6) is 34.5 Å². The maximum Gasteiger partial charge on any atom is 0.231 e. The van der Waals surface area contributed by atoms with Gasteiger partial charge in [0.15, 0.2) is 23.0 Å². The fraction of sp³-hybridized carbons (Fsp3) is 0.200. The van der Waals surface area contributed by atoms with Gasteiger partial charge in [0.2, 0.25) is 19.3 Å². The zero-order valence-corrected chi connectivity index (χ0v) is 14.4. The number of aromatic hydroxyl groups is 1. The number of rotatable bonds is 1. The van der Waals surface area contributed by atoms with E-state index >= 15 is 0 Å². The van der Waals surface area contributed by atoms with E-state index in [4.69, 9.17) is 23.7 Å². The summed E-state index contributed by atoms with van der Waals surface area (Å²) < 4.78 is 27.9. The van der Waals surface area contributed by atoms with Crippen molar-refractivity contribution in [1.82, 2.24) is 0 Å². The maximum absolute atomic E-state index is 10.8. The monoisotopic (exact) mass is 365 g/mol. The van der Waals surface area contributed by atoms with E-state index in [0.29, 0.717) is 29.4 Å². The highest BCUT2D eigenvalue weighted by Crippen LogP contribution is 2.55.